The van der Waals surface area contributed by atoms with E-state index in [0.29, 0.717) is 12.3 Å². The van der Waals surface area contributed by atoms with Crippen molar-refractivity contribution in [2.75, 3.05) is 27.7 Å². The number of methoxy groups -OCH3 is 1. The van der Waals surface area contributed by atoms with Crippen LogP contribution in [0, 0.1) is 13.8 Å². The smallest absolute Gasteiger partial charge is 0.243 e. The number of likely N-dealkylation sites (N-methyl/N-ethyl adjacent to an activating group) is 2. The molecule has 2 rings (SSSR count). The molecule has 0 saturated carbocycles. The molecule has 2 aromatic rings. The minimum atomic E-state index is -3.72. The van der Waals surface area contributed by atoms with Gasteiger partial charge in [-0.05, 0) is 54.8 Å². The van der Waals surface area contributed by atoms with Crippen molar-refractivity contribution in [1.29, 1.82) is 0 Å². The minimum absolute atomic E-state index is 0.191. The van der Waals surface area contributed by atoms with Gasteiger partial charge in [-0.3, -0.25) is 4.79 Å². The highest BCUT2D eigenvalue weighted by Gasteiger charge is 2.24. The Labute approximate surface area is 161 Å². The van der Waals surface area contributed by atoms with Crippen LogP contribution >= 0.6 is 0 Å². The molecule has 0 atom stereocenters. The highest BCUT2D eigenvalue weighted by molar-refractivity contribution is 7.89. The Kier molecular flexibility index (Phi) is 6.62. The van der Waals surface area contributed by atoms with Gasteiger partial charge >= 0.3 is 0 Å². The van der Waals surface area contributed by atoms with Crippen LogP contribution in [0.3, 0.4) is 0 Å². The van der Waals surface area contributed by atoms with Crippen molar-refractivity contribution in [2.45, 2.75) is 25.3 Å². The molecule has 0 saturated heterocycles. The molecule has 0 aromatic heterocycles. The second kappa shape index (κ2) is 8.54. The monoisotopic (exact) mass is 390 g/mol. The fourth-order valence-electron chi connectivity index (χ4n) is 2.58. The predicted molar refractivity (Wildman–Crippen MR) is 105 cm³/mol. The van der Waals surface area contributed by atoms with Crippen molar-refractivity contribution >= 4 is 15.9 Å². The predicted octanol–water partition coefficient (Wildman–Crippen LogP) is 2.59. The summed E-state index contributed by atoms with van der Waals surface area (Å²) in [5.74, 6) is 0.426. The van der Waals surface area contributed by atoms with Crippen LogP contribution in [0.15, 0.2) is 47.4 Å². The van der Waals surface area contributed by atoms with Crippen molar-refractivity contribution in [3.63, 3.8) is 0 Å². The average molecular weight is 391 g/mol. The standard InChI is InChI=1S/C20H26N2O4S/c1-15-9-10-19(11-16(15)2)27(24,25)22(4)14-20(23)21(3)13-17-7-6-8-18(12-17)26-5/h6-12H,13-14H2,1-5H3. The van der Waals surface area contributed by atoms with Crippen molar-refractivity contribution in [3.8, 4) is 5.75 Å². The maximum absolute atomic E-state index is 12.7. The summed E-state index contributed by atoms with van der Waals surface area (Å²) in [4.78, 5) is 14.2. The zero-order valence-electron chi connectivity index (χ0n) is 16.4. The zero-order chi connectivity index (χ0) is 20.2. The molecule has 0 heterocycles. The fourth-order valence-corrected chi connectivity index (χ4v) is 3.79. The molecule has 0 bridgehead atoms. The van der Waals surface area contributed by atoms with Gasteiger partial charge in [0, 0.05) is 20.6 Å². The number of benzene rings is 2. The largest absolute Gasteiger partial charge is 0.497 e. The summed E-state index contributed by atoms with van der Waals surface area (Å²) in [7, 11) is 0.929. The molecule has 0 radical (unpaired) electrons. The van der Waals surface area contributed by atoms with Crippen molar-refractivity contribution in [2.24, 2.45) is 0 Å². The summed E-state index contributed by atoms with van der Waals surface area (Å²) in [6, 6.07) is 12.4. The summed E-state index contributed by atoms with van der Waals surface area (Å²) in [6.45, 7) is 3.93. The number of ether oxygens (including phenoxy) is 1. The second-order valence-corrected chi connectivity index (χ2v) is 8.65. The first-order valence-corrected chi connectivity index (χ1v) is 9.99. The SMILES string of the molecule is COc1cccc(CN(C)C(=O)CN(C)S(=O)(=O)c2ccc(C)c(C)c2)c1. The topological polar surface area (TPSA) is 66.9 Å². The number of aryl methyl sites for hydroxylation is 2. The summed E-state index contributed by atoms with van der Waals surface area (Å²) >= 11 is 0. The van der Waals surface area contributed by atoms with Crippen molar-refractivity contribution in [3.05, 3.63) is 59.2 Å². The Morgan fingerprint density at radius 2 is 1.74 bits per heavy atom. The van der Waals surface area contributed by atoms with Crippen LogP contribution in [0.2, 0.25) is 0 Å². The quantitative estimate of drug-likeness (QED) is 0.729. The molecular weight excluding hydrogens is 364 g/mol. The van der Waals surface area contributed by atoms with Crippen LogP contribution in [0.1, 0.15) is 16.7 Å². The Hall–Kier alpha value is -2.38. The number of amides is 1. The van der Waals surface area contributed by atoms with E-state index in [1.54, 1.807) is 32.4 Å². The molecular formula is C20H26N2O4S. The number of hydrogen-bond donors (Lipinski definition) is 0. The van der Waals surface area contributed by atoms with E-state index in [1.807, 2.05) is 38.1 Å². The average Bonchev–Trinajstić information content (AvgIpc) is 2.63. The van der Waals surface area contributed by atoms with Gasteiger partial charge in [0.05, 0.1) is 18.6 Å². The number of hydrogen-bond acceptors (Lipinski definition) is 4. The van der Waals surface area contributed by atoms with Gasteiger partial charge in [-0.2, -0.15) is 4.31 Å². The van der Waals surface area contributed by atoms with Gasteiger partial charge < -0.3 is 9.64 Å². The summed E-state index contributed by atoms with van der Waals surface area (Å²) < 4.78 is 31.7. The third-order valence-corrected chi connectivity index (χ3v) is 6.32. The van der Waals surface area contributed by atoms with Crippen LogP contribution in [0.25, 0.3) is 0 Å². The summed E-state index contributed by atoms with van der Waals surface area (Å²) in [5.41, 5.74) is 2.82. The molecule has 0 fully saturated rings. The van der Waals surface area contributed by atoms with Gasteiger partial charge in [0.1, 0.15) is 5.75 Å². The van der Waals surface area contributed by atoms with E-state index in [2.05, 4.69) is 0 Å². The third kappa shape index (κ3) is 5.08. The van der Waals surface area contributed by atoms with E-state index in [0.717, 1.165) is 21.0 Å². The van der Waals surface area contributed by atoms with Crippen LogP contribution in [-0.2, 0) is 21.4 Å². The Bertz CT molecular complexity index is 925. The number of rotatable bonds is 7. The van der Waals surface area contributed by atoms with E-state index in [9.17, 15) is 13.2 Å². The molecule has 0 aliphatic rings. The molecule has 6 nitrogen and oxygen atoms in total. The first kappa shape index (κ1) is 20.9. The summed E-state index contributed by atoms with van der Waals surface area (Å²) in [6.07, 6.45) is 0. The van der Waals surface area contributed by atoms with E-state index in [4.69, 9.17) is 4.74 Å². The lowest BCUT2D eigenvalue weighted by atomic mass is 10.1. The third-order valence-electron chi connectivity index (χ3n) is 4.52. The first-order chi connectivity index (χ1) is 12.6. The van der Waals surface area contributed by atoms with Gasteiger partial charge in [-0.25, -0.2) is 8.42 Å². The lowest BCUT2D eigenvalue weighted by molar-refractivity contribution is -0.130. The van der Waals surface area contributed by atoms with Gasteiger partial charge in [0.15, 0.2) is 0 Å². The molecule has 27 heavy (non-hydrogen) atoms. The second-order valence-electron chi connectivity index (χ2n) is 6.61. The maximum Gasteiger partial charge on any atom is 0.243 e. The van der Waals surface area contributed by atoms with E-state index < -0.39 is 10.0 Å². The van der Waals surface area contributed by atoms with Crippen molar-refractivity contribution < 1.29 is 17.9 Å². The number of carbonyl (C=O) groups excluding carboxylic acids is 1. The van der Waals surface area contributed by atoms with Gasteiger partial charge in [0.25, 0.3) is 0 Å². The Morgan fingerprint density at radius 1 is 1.04 bits per heavy atom. The van der Waals surface area contributed by atoms with Gasteiger partial charge in [0.2, 0.25) is 15.9 Å². The Morgan fingerprint density at radius 3 is 2.37 bits per heavy atom. The normalized spacial score (nSPS) is 11.5. The highest BCUT2D eigenvalue weighted by atomic mass is 32.2. The highest BCUT2D eigenvalue weighted by Crippen LogP contribution is 2.19. The molecule has 0 aliphatic heterocycles. The maximum atomic E-state index is 12.7. The molecule has 0 spiro atoms. The van der Waals surface area contributed by atoms with Crippen LogP contribution in [0.4, 0.5) is 0 Å². The molecule has 0 unspecified atom stereocenters. The number of carbonyl (C=O) groups is 1. The molecule has 1 amide bonds. The Balaban J connectivity index is 2.07. The molecule has 146 valence electrons. The van der Waals surface area contributed by atoms with E-state index >= 15 is 0 Å². The number of sulfonamides is 1. The van der Waals surface area contributed by atoms with Gasteiger partial charge in [-0.15, -0.1) is 0 Å². The lowest BCUT2D eigenvalue weighted by Gasteiger charge is -2.22. The van der Waals surface area contributed by atoms with Crippen LogP contribution < -0.4 is 4.74 Å². The van der Waals surface area contributed by atoms with E-state index in [-0.39, 0.29) is 17.3 Å². The molecule has 7 heteroatoms. The minimum Gasteiger partial charge on any atom is -0.497 e. The van der Waals surface area contributed by atoms with Crippen LogP contribution in [-0.4, -0.2) is 51.3 Å². The first-order valence-electron chi connectivity index (χ1n) is 8.55. The molecule has 2 aromatic carbocycles. The lowest BCUT2D eigenvalue weighted by Crippen LogP contribution is -2.39. The van der Waals surface area contributed by atoms with Crippen molar-refractivity contribution in [1.82, 2.24) is 9.21 Å². The van der Waals surface area contributed by atoms with Crippen LogP contribution in [0.5, 0.6) is 5.75 Å². The molecule has 0 N–H and O–H groups in total. The zero-order valence-corrected chi connectivity index (χ0v) is 17.2. The van der Waals surface area contributed by atoms with Gasteiger partial charge in [-0.1, -0.05) is 18.2 Å². The number of nitrogens with zero attached hydrogens (tertiary/aromatic N) is 2. The van der Waals surface area contributed by atoms with E-state index in [1.165, 1.54) is 11.9 Å². The summed E-state index contributed by atoms with van der Waals surface area (Å²) in [5, 5.41) is 0. The molecule has 0 aliphatic carbocycles. The fraction of sp³-hybridized carbons (Fsp3) is 0.350.